The molecule has 10 heteroatoms. The molecule has 3 amide bonds. The van der Waals surface area contributed by atoms with Gasteiger partial charge in [0.25, 0.3) is 11.1 Å². The zero-order valence-corrected chi connectivity index (χ0v) is 19.7. The molecule has 1 aliphatic heterocycles. The van der Waals surface area contributed by atoms with E-state index in [-0.39, 0.29) is 23.0 Å². The highest BCUT2D eigenvalue weighted by atomic mass is 32.2. The maximum atomic E-state index is 12.7. The van der Waals surface area contributed by atoms with E-state index in [1.54, 1.807) is 19.1 Å². The molecular formula is C24H24F2N2O5S. The summed E-state index contributed by atoms with van der Waals surface area (Å²) in [5.74, 6) is -0.831. The van der Waals surface area contributed by atoms with E-state index in [0.29, 0.717) is 28.9 Å². The van der Waals surface area contributed by atoms with Gasteiger partial charge in [-0.3, -0.25) is 19.3 Å². The number of alkyl halides is 2. The van der Waals surface area contributed by atoms with Gasteiger partial charge in [-0.2, -0.15) is 8.78 Å². The molecule has 0 aliphatic carbocycles. The van der Waals surface area contributed by atoms with Crippen molar-refractivity contribution in [1.29, 1.82) is 0 Å². The first kappa shape index (κ1) is 25.2. The summed E-state index contributed by atoms with van der Waals surface area (Å²) in [5.41, 5.74) is 2.13. The number of carbonyl (C=O) groups excluding carboxylic acids is 3. The summed E-state index contributed by atoms with van der Waals surface area (Å²) < 4.78 is 34.9. The zero-order valence-electron chi connectivity index (χ0n) is 18.8. The van der Waals surface area contributed by atoms with Crippen LogP contribution in [0.15, 0.2) is 47.4 Å². The third-order valence-electron chi connectivity index (χ3n) is 4.82. The van der Waals surface area contributed by atoms with Crippen LogP contribution in [-0.4, -0.2) is 41.7 Å². The molecule has 0 atom stereocenters. The van der Waals surface area contributed by atoms with Crippen molar-refractivity contribution in [3.05, 3.63) is 58.5 Å². The molecule has 2 aromatic carbocycles. The lowest BCUT2D eigenvalue weighted by atomic mass is 10.0. The Hall–Kier alpha value is -3.40. The average molecular weight is 491 g/mol. The van der Waals surface area contributed by atoms with Gasteiger partial charge >= 0.3 is 6.61 Å². The summed E-state index contributed by atoms with van der Waals surface area (Å²) in [7, 11) is 0. The second kappa shape index (κ2) is 11.1. The fraction of sp³-hybridized carbons (Fsp3) is 0.292. The minimum absolute atomic E-state index is 0.0821. The van der Waals surface area contributed by atoms with E-state index in [2.05, 4.69) is 23.9 Å². The maximum Gasteiger partial charge on any atom is 0.387 e. The van der Waals surface area contributed by atoms with E-state index in [9.17, 15) is 23.2 Å². The Morgan fingerprint density at radius 3 is 2.44 bits per heavy atom. The van der Waals surface area contributed by atoms with Crippen LogP contribution in [0.1, 0.15) is 37.8 Å². The van der Waals surface area contributed by atoms with Gasteiger partial charge in [0.05, 0.1) is 11.5 Å². The van der Waals surface area contributed by atoms with Crippen molar-refractivity contribution < 1.29 is 32.6 Å². The van der Waals surface area contributed by atoms with Gasteiger partial charge in [0.2, 0.25) is 5.91 Å². The second-order valence-corrected chi connectivity index (χ2v) is 8.60. The predicted octanol–water partition coefficient (Wildman–Crippen LogP) is 5.49. The molecule has 0 unspecified atom stereocenters. The zero-order chi connectivity index (χ0) is 24.8. The fourth-order valence-electron chi connectivity index (χ4n) is 3.16. The Labute approximate surface area is 200 Å². The van der Waals surface area contributed by atoms with Gasteiger partial charge in [-0.15, -0.1) is 0 Å². The largest absolute Gasteiger partial charge is 0.490 e. The quantitative estimate of drug-likeness (QED) is 0.468. The van der Waals surface area contributed by atoms with Crippen LogP contribution in [0.25, 0.3) is 6.08 Å². The van der Waals surface area contributed by atoms with Gasteiger partial charge in [0.15, 0.2) is 11.5 Å². The van der Waals surface area contributed by atoms with E-state index >= 15 is 0 Å². The van der Waals surface area contributed by atoms with Crippen LogP contribution in [0, 0.1) is 0 Å². The number of carbonyl (C=O) groups is 3. The van der Waals surface area contributed by atoms with Crippen LogP contribution < -0.4 is 14.8 Å². The standard InChI is InChI=1S/C24H24F2N2O5S/c1-4-32-19-11-15(5-10-18(19)33-23(25)26)12-20-22(30)28(24(31)34-20)13-21(29)27-17-8-6-16(7-9-17)14(2)3/h5-12,14,23H,4,13H2,1-3H3,(H,27,29)/b20-12-. The van der Waals surface area contributed by atoms with Gasteiger partial charge in [-0.05, 0) is 66.1 Å². The number of nitrogens with one attached hydrogen (secondary N) is 1. The molecule has 7 nitrogen and oxygen atoms in total. The number of amides is 3. The Kier molecular flexibility index (Phi) is 8.27. The lowest BCUT2D eigenvalue weighted by Gasteiger charge is -2.13. The number of ether oxygens (including phenoxy) is 2. The normalized spacial score (nSPS) is 14.9. The molecule has 3 rings (SSSR count). The molecule has 0 radical (unpaired) electrons. The van der Waals surface area contributed by atoms with Crippen LogP contribution >= 0.6 is 11.8 Å². The molecule has 180 valence electrons. The number of imide groups is 1. The smallest absolute Gasteiger partial charge is 0.387 e. The number of rotatable bonds is 9. The summed E-state index contributed by atoms with van der Waals surface area (Å²) in [6, 6.07) is 11.5. The Balaban J connectivity index is 1.70. The SMILES string of the molecule is CCOc1cc(/C=C2\SC(=O)N(CC(=O)Nc3ccc(C(C)C)cc3)C2=O)ccc1OC(F)F. The summed E-state index contributed by atoms with van der Waals surface area (Å²) in [4.78, 5) is 38.5. The van der Waals surface area contributed by atoms with E-state index in [0.717, 1.165) is 10.5 Å². The average Bonchev–Trinajstić information content (AvgIpc) is 3.03. The summed E-state index contributed by atoms with van der Waals surface area (Å²) in [5, 5.41) is 2.10. The van der Waals surface area contributed by atoms with E-state index in [1.807, 2.05) is 12.1 Å². The minimum atomic E-state index is -3.01. The second-order valence-electron chi connectivity index (χ2n) is 7.61. The molecule has 0 bridgehead atoms. The molecule has 1 heterocycles. The predicted molar refractivity (Wildman–Crippen MR) is 126 cm³/mol. The first-order valence-electron chi connectivity index (χ1n) is 10.5. The van der Waals surface area contributed by atoms with Crippen molar-refractivity contribution >= 4 is 40.6 Å². The van der Waals surface area contributed by atoms with Crippen molar-refractivity contribution in [1.82, 2.24) is 4.90 Å². The van der Waals surface area contributed by atoms with E-state index in [1.165, 1.54) is 24.3 Å². The lowest BCUT2D eigenvalue weighted by Crippen LogP contribution is -2.36. The summed E-state index contributed by atoms with van der Waals surface area (Å²) in [6.45, 7) is 2.58. The molecule has 0 saturated carbocycles. The molecule has 1 saturated heterocycles. The highest BCUT2D eigenvalue weighted by Gasteiger charge is 2.36. The number of hydrogen-bond acceptors (Lipinski definition) is 6. The lowest BCUT2D eigenvalue weighted by molar-refractivity contribution is -0.127. The van der Waals surface area contributed by atoms with Crippen LogP contribution in [0.2, 0.25) is 0 Å². The van der Waals surface area contributed by atoms with E-state index < -0.39 is 30.2 Å². The fourth-order valence-corrected chi connectivity index (χ4v) is 4.00. The van der Waals surface area contributed by atoms with E-state index in [4.69, 9.17) is 4.74 Å². The van der Waals surface area contributed by atoms with Gasteiger partial charge < -0.3 is 14.8 Å². The molecule has 0 aromatic heterocycles. The number of nitrogens with zero attached hydrogens (tertiary/aromatic N) is 1. The van der Waals surface area contributed by atoms with Crippen molar-refractivity contribution in [2.24, 2.45) is 0 Å². The molecule has 34 heavy (non-hydrogen) atoms. The number of thioether (sulfide) groups is 1. The van der Waals surface area contributed by atoms with Gasteiger partial charge in [-0.1, -0.05) is 32.0 Å². The third kappa shape index (κ3) is 6.34. The Morgan fingerprint density at radius 1 is 1.12 bits per heavy atom. The Morgan fingerprint density at radius 2 is 1.82 bits per heavy atom. The molecular weight excluding hydrogens is 466 g/mol. The van der Waals surface area contributed by atoms with Crippen molar-refractivity contribution in [3.8, 4) is 11.5 Å². The molecule has 2 aromatic rings. The number of benzene rings is 2. The first-order valence-corrected chi connectivity index (χ1v) is 11.4. The van der Waals surface area contributed by atoms with Gasteiger partial charge in [0.1, 0.15) is 6.54 Å². The summed E-state index contributed by atoms with van der Waals surface area (Å²) in [6.07, 6.45) is 1.43. The summed E-state index contributed by atoms with van der Waals surface area (Å²) >= 11 is 0.691. The Bertz CT molecular complexity index is 1100. The number of halogens is 2. The van der Waals surface area contributed by atoms with Crippen LogP contribution in [0.5, 0.6) is 11.5 Å². The van der Waals surface area contributed by atoms with Gasteiger partial charge in [-0.25, -0.2) is 0 Å². The van der Waals surface area contributed by atoms with Crippen molar-refractivity contribution in [2.45, 2.75) is 33.3 Å². The van der Waals surface area contributed by atoms with Crippen molar-refractivity contribution in [2.75, 3.05) is 18.5 Å². The number of hydrogen-bond donors (Lipinski definition) is 1. The molecule has 1 N–H and O–H groups in total. The van der Waals surface area contributed by atoms with Crippen LogP contribution in [-0.2, 0) is 9.59 Å². The highest BCUT2D eigenvalue weighted by Crippen LogP contribution is 2.35. The minimum Gasteiger partial charge on any atom is -0.490 e. The van der Waals surface area contributed by atoms with Crippen LogP contribution in [0.4, 0.5) is 19.3 Å². The molecule has 1 aliphatic rings. The monoisotopic (exact) mass is 490 g/mol. The van der Waals surface area contributed by atoms with Crippen molar-refractivity contribution in [3.63, 3.8) is 0 Å². The first-order chi connectivity index (χ1) is 16.2. The number of anilines is 1. The van der Waals surface area contributed by atoms with Gasteiger partial charge in [0, 0.05) is 5.69 Å². The maximum absolute atomic E-state index is 12.7. The molecule has 0 spiro atoms. The molecule has 1 fully saturated rings. The van der Waals surface area contributed by atoms with Crippen LogP contribution in [0.3, 0.4) is 0 Å². The highest BCUT2D eigenvalue weighted by molar-refractivity contribution is 8.18. The topological polar surface area (TPSA) is 84.9 Å². The third-order valence-corrected chi connectivity index (χ3v) is 5.73.